The SMILES string of the molecule is CCCCCC/C=C\CCCCCCCCCC(=O)OC(COC(=O)CCCCCCC\C=C/C=C\C=C/CCCCCCC)COC(=O)CCCCCCCCCCCCCC. The quantitative estimate of drug-likeness (QED) is 0.0199. The first-order valence-electron chi connectivity index (χ1n) is 27.2. The molecule has 63 heavy (non-hydrogen) atoms. The summed E-state index contributed by atoms with van der Waals surface area (Å²) in [6.07, 6.45) is 62.3. The molecule has 0 saturated heterocycles. The zero-order chi connectivity index (χ0) is 45.8. The molecular weight excluding hydrogens is 781 g/mol. The van der Waals surface area contributed by atoms with Crippen LogP contribution in [0.1, 0.15) is 278 Å². The van der Waals surface area contributed by atoms with Crippen LogP contribution in [-0.2, 0) is 28.6 Å². The molecule has 0 amide bonds. The lowest BCUT2D eigenvalue weighted by atomic mass is 10.0. The van der Waals surface area contributed by atoms with Gasteiger partial charge in [-0.3, -0.25) is 14.4 Å². The molecule has 0 aliphatic carbocycles. The first-order valence-corrected chi connectivity index (χ1v) is 27.2. The highest BCUT2D eigenvalue weighted by atomic mass is 16.6. The summed E-state index contributed by atoms with van der Waals surface area (Å²) in [4.78, 5) is 38.0. The van der Waals surface area contributed by atoms with E-state index in [4.69, 9.17) is 14.2 Å². The zero-order valence-electron chi connectivity index (χ0n) is 41.8. The van der Waals surface area contributed by atoms with Crippen LogP contribution in [0.2, 0.25) is 0 Å². The molecule has 0 rings (SSSR count). The van der Waals surface area contributed by atoms with Gasteiger partial charge in [-0.2, -0.15) is 0 Å². The highest BCUT2D eigenvalue weighted by Crippen LogP contribution is 2.15. The lowest BCUT2D eigenvalue weighted by molar-refractivity contribution is -0.167. The second kappa shape index (κ2) is 52.0. The maximum atomic E-state index is 12.8. The molecule has 0 aliphatic rings. The maximum absolute atomic E-state index is 12.8. The van der Waals surface area contributed by atoms with E-state index in [9.17, 15) is 14.4 Å². The number of carbonyl (C=O) groups is 3. The predicted octanol–water partition coefficient (Wildman–Crippen LogP) is 17.9. The molecule has 1 unspecified atom stereocenters. The van der Waals surface area contributed by atoms with Crippen LogP contribution in [0.25, 0.3) is 0 Å². The van der Waals surface area contributed by atoms with E-state index in [1.165, 1.54) is 161 Å². The monoisotopic (exact) mass is 883 g/mol. The Balaban J connectivity index is 4.39. The number of hydrogen-bond donors (Lipinski definition) is 0. The van der Waals surface area contributed by atoms with Crippen molar-refractivity contribution in [2.24, 2.45) is 0 Å². The van der Waals surface area contributed by atoms with Crippen LogP contribution in [0.4, 0.5) is 0 Å². The second-order valence-corrected chi connectivity index (χ2v) is 18.2. The summed E-state index contributed by atoms with van der Waals surface area (Å²) in [5, 5.41) is 0. The molecular formula is C57H102O6. The van der Waals surface area contributed by atoms with Gasteiger partial charge in [0.25, 0.3) is 0 Å². The van der Waals surface area contributed by atoms with Crippen LogP contribution in [-0.4, -0.2) is 37.2 Å². The number of rotatable bonds is 49. The van der Waals surface area contributed by atoms with Crippen LogP contribution < -0.4 is 0 Å². The van der Waals surface area contributed by atoms with E-state index < -0.39 is 6.10 Å². The van der Waals surface area contributed by atoms with Crippen molar-refractivity contribution in [2.45, 2.75) is 284 Å². The average Bonchev–Trinajstić information content (AvgIpc) is 3.28. The molecule has 6 heteroatoms. The standard InChI is InChI=1S/C57H102O6/c1-4-7-10-13-16-19-22-25-27-28-29-31-32-35-38-41-44-47-50-56(59)62-53-54(52-61-55(58)49-46-43-40-37-34-24-21-18-15-12-9-6-3)63-57(60)51-48-45-42-39-36-33-30-26-23-20-17-14-11-8-5-2/h20,22-23,25,27-29,31,54H,4-19,21,24,26,30,32-53H2,1-3H3/b23-20-,25-22-,28-27-,31-29-. The van der Waals surface area contributed by atoms with Gasteiger partial charge in [-0.15, -0.1) is 0 Å². The third-order valence-electron chi connectivity index (χ3n) is 11.9. The summed E-state index contributed by atoms with van der Waals surface area (Å²) in [6, 6.07) is 0. The van der Waals surface area contributed by atoms with Crippen molar-refractivity contribution < 1.29 is 28.6 Å². The average molecular weight is 883 g/mol. The first kappa shape index (κ1) is 60.4. The Labute approximate surface area is 390 Å². The van der Waals surface area contributed by atoms with Gasteiger partial charge in [0.1, 0.15) is 13.2 Å². The number of ether oxygens (including phenoxy) is 3. The smallest absolute Gasteiger partial charge is 0.306 e. The van der Waals surface area contributed by atoms with Gasteiger partial charge in [-0.05, 0) is 70.6 Å². The molecule has 1 atom stereocenters. The predicted molar refractivity (Wildman–Crippen MR) is 270 cm³/mol. The minimum Gasteiger partial charge on any atom is -0.462 e. The molecule has 0 aliphatic heterocycles. The summed E-state index contributed by atoms with van der Waals surface area (Å²) < 4.78 is 16.8. The third-order valence-corrected chi connectivity index (χ3v) is 11.9. The van der Waals surface area contributed by atoms with Crippen molar-refractivity contribution >= 4 is 17.9 Å². The molecule has 0 aromatic rings. The van der Waals surface area contributed by atoms with Crippen LogP contribution in [0.5, 0.6) is 0 Å². The van der Waals surface area contributed by atoms with Gasteiger partial charge >= 0.3 is 17.9 Å². The molecule has 6 nitrogen and oxygen atoms in total. The van der Waals surface area contributed by atoms with E-state index >= 15 is 0 Å². The van der Waals surface area contributed by atoms with E-state index in [-0.39, 0.29) is 31.1 Å². The van der Waals surface area contributed by atoms with Crippen LogP contribution in [0.3, 0.4) is 0 Å². The van der Waals surface area contributed by atoms with E-state index in [1.807, 2.05) is 0 Å². The summed E-state index contributed by atoms with van der Waals surface area (Å²) in [7, 11) is 0. The highest BCUT2D eigenvalue weighted by Gasteiger charge is 2.19. The van der Waals surface area contributed by atoms with Crippen molar-refractivity contribution in [3.8, 4) is 0 Å². The molecule has 0 fully saturated rings. The van der Waals surface area contributed by atoms with E-state index in [2.05, 4.69) is 69.4 Å². The lowest BCUT2D eigenvalue weighted by Crippen LogP contribution is -2.30. The molecule has 0 radical (unpaired) electrons. The molecule has 0 spiro atoms. The minimum atomic E-state index is -0.781. The first-order chi connectivity index (χ1) is 31.0. The Morgan fingerprint density at radius 3 is 0.937 bits per heavy atom. The van der Waals surface area contributed by atoms with Gasteiger partial charge in [0, 0.05) is 19.3 Å². The van der Waals surface area contributed by atoms with Gasteiger partial charge in [0.15, 0.2) is 6.10 Å². The largest absolute Gasteiger partial charge is 0.462 e. The van der Waals surface area contributed by atoms with Gasteiger partial charge in [-0.1, -0.05) is 236 Å². The van der Waals surface area contributed by atoms with Crippen molar-refractivity contribution in [1.82, 2.24) is 0 Å². The number of unbranched alkanes of at least 4 members (excludes halogenated alkanes) is 32. The fourth-order valence-corrected chi connectivity index (χ4v) is 7.73. The number of carbonyl (C=O) groups excluding carboxylic acids is 3. The summed E-state index contributed by atoms with van der Waals surface area (Å²) in [6.45, 7) is 6.61. The molecule has 0 bridgehead atoms. The Kier molecular flexibility index (Phi) is 49.8. The molecule has 366 valence electrons. The fourth-order valence-electron chi connectivity index (χ4n) is 7.73. The minimum absolute atomic E-state index is 0.0791. The summed E-state index contributed by atoms with van der Waals surface area (Å²) >= 11 is 0. The zero-order valence-corrected chi connectivity index (χ0v) is 41.8. The second-order valence-electron chi connectivity index (χ2n) is 18.2. The highest BCUT2D eigenvalue weighted by molar-refractivity contribution is 5.71. The van der Waals surface area contributed by atoms with Gasteiger partial charge in [0.2, 0.25) is 0 Å². The lowest BCUT2D eigenvalue weighted by Gasteiger charge is -2.18. The molecule has 0 heterocycles. The Morgan fingerprint density at radius 1 is 0.317 bits per heavy atom. The molecule has 0 aromatic carbocycles. The van der Waals surface area contributed by atoms with Gasteiger partial charge in [0.05, 0.1) is 0 Å². The molecule has 0 aromatic heterocycles. The topological polar surface area (TPSA) is 78.9 Å². The van der Waals surface area contributed by atoms with Crippen LogP contribution >= 0.6 is 0 Å². The van der Waals surface area contributed by atoms with Crippen molar-refractivity contribution in [3.05, 3.63) is 48.6 Å². The Bertz CT molecular complexity index is 1110. The Morgan fingerprint density at radius 2 is 0.587 bits per heavy atom. The Hall–Kier alpha value is -2.63. The number of esters is 3. The van der Waals surface area contributed by atoms with Crippen LogP contribution in [0.15, 0.2) is 48.6 Å². The molecule has 0 saturated carbocycles. The number of allylic oxidation sites excluding steroid dienone is 8. The number of hydrogen-bond acceptors (Lipinski definition) is 6. The van der Waals surface area contributed by atoms with Crippen molar-refractivity contribution in [1.29, 1.82) is 0 Å². The van der Waals surface area contributed by atoms with E-state index in [0.29, 0.717) is 19.3 Å². The van der Waals surface area contributed by atoms with Crippen molar-refractivity contribution in [3.63, 3.8) is 0 Å². The van der Waals surface area contributed by atoms with Crippen molar-refractivity contribution in [2.75, 3.05) is 13.2 Å². The third kappa shape index (κ3) is 50.2. The van der Waals surface area contributed by atoms with Gasteiger partial charge < -0.3 is 14.2 Å². The van der Waals surface area contributed by atoms with E-state index in [0.717, 1.165) is 77.0 Å². The van der Waals surface area contributed by atoms with Gasteiger partial charge in [-0.25, -0.2) is 0 Å². The summed E-state index contributed by atoms with van der Waals surface area (Å²) in [5.41, 5.74) is 0. The fraction of sp³-hybridized carbons (Fsp3) is 0.807. The summed E-state index contributed by atoms with van der Waals surface area (Å²) in [5.74, 6) is -0.894. The normalized spacial score (nSPS) is 12.4. The molecule has 0 N–H and O–H groups in total. The maximum Gasteiger partial charge on any atom is 0.306 e. The van der Waals surface area contributed by atoms with E-state index in [1.54, 1.807) is 0 Å². The van der Waals surface area contributed by atoms with Crippen LogP contribution in [0, 0.1) is 0 Å².